The highest BCUT2D eigenvalue weighted by Gasteiger charge is 2.33. The number of carbonyl (C=O) groups is 1. The van der Waals surface area contributed by atoms with Crippen molar-refractivity contribution >= 4 is 11.7 Å². The maximum Gasteiger partial charge on any atom is 0.251 e. The minimum absolute atomic E-state index is 0.0227. The molecule has 1 amide bonds. The molecule has 3 atom stereocenters. The average Bonchev–Trinajstić information content (AvgIpc) is 2.86. The second-order valence-electron chi connectivity index (χ2n) is 8.78. The van der Waals surface area contributed by atoms with E-state index in [9.17, 15) is 23.1 Å². The minimum Gasteiger partial charge on any atom is -0.394 e. The zero-order valence-corrected chi connectivity index (χ0v) is 19.9. The quantitative estimate of drug-likeness (QED) is 0.318. The lowest BCUT2D eigenvalue weighted by molar-refractivity contribution is 0.0802. The van der Waals surface area contributed by atoms with E-state index >= 15 is 0 Å². The fraction of sp³-hybridized carbons (Fsp3) is 0.360. The molecule has 0 bridgehead atoms. The highest BCUT2D eigenvalue weighted by molar-refractivity contribution is 5.95. The number of anilines is 1. The molecule has 192 valence electrons. The van der Waals surface area contributed by atoms with Gasteiger partial charge in [-0.2, -0.15) is 0 Å². The van der Waals surface area contributed by atoms with Crippen molar-refractivity contribution in [1.29, 1.82) is 0 Å². The molecule has 0 saturated heterocycles. The largest absolute Gasteiger partial charge is 0.394 e. The second kappa shape index (κ2) is 11.9. The number of carbonyl (C=O) groups excluding carboxylic acids is 1. The summed E-state index contributed by atoms with van der Waals surface area (Å²) in [5.74, 6) is -1.40. The molecule has 0 unspecified atom stereocenters. The molecule has 3 rings (SSSR count). The molecule has 11 heteroatoms. The van der Waals surface area contributed by atoms with Crippen molar-refractivity contribution < 1.29 is 28.2 Å². The number of nitrogens with one attached hydrogen (secondary N) is 2. The van der Waals surface area contributed by atoms with E-state index in [1.807, 2.05) is 0 Å². The van der Waals surface area contributed by atoms with Gasteiger partial charge in [0.25, 0.3) is 5.91 Å². The van der Waals surface area contributed by atoms with E-state index in [1.165, 1.54) is 43.5 Å². The highest BCUT2D eigenvalue weighted by Crippen LogP contribution is 2.31. The van der Waals surface area contributed by atoms with E-state index in [0.717, 1.165) is 6.07 Å². The van der Waals surface area contributed by atoms with Gasteiger partial charge < -0.3 is 20.8 Å². The molecule has 0 aliphatic heterocycles. The summed E-state index contributed by atoms with van der Waals surface area (Å²) in [6.45, 7) is 2.55. The fourth-order valence-corrected chi connectivity index (χ4v) is 3.80. The Morgan fingerprint density at radius 3 is 2.56 bits per heavy atom. The number of rotatable bonds is 11. The van der Waals surface area contributed by atoms with Crippen LogP contribution < -0.4 is 10.6 Å². The third kappa shape index (κ3) is 6.76. The number of hydrogen-bond acceptors (Lipinski definition) is 7. The fourth-order valence-electron chi connectivity index (χ4n) is 3.80. The van der Waals surface area contributed by atoms with Crippen molar-refractivity contribution in [3.63, 3.8) is 0 Å². The van der Waals surface area contributed by atoms with Gasteiger partial charge in [0.05, 0.1) is 30.3 Å². The van der Waals surface area contributed by atoms with Crippen LogP contribution in [0.25, 0.3) is 11.3 Å². The Labute approximate surface area is 206 Å². The third-order valence-corrected chi connectivity index (χ3v) is 5.60. The number of pyridine rings is 1. The maximum absolute atomic E-state index is 14.5. The van der Waals surface area contributed by atoms with Gasteiger partial charge in [0.2, 0.25) is 0 Å². The Balaban J connectivity index is 1.75. The van der Waals surface area contributed by atoms with Gasteiger partial charge in [-0.05, 0) is 55.8 Å². The van der Waals surface area contributed by atoms with Crippen LogP contribution in [-0.2, 0) is 5.41 Å². The predicted octanol–water partition coefficient (Wildman–Crippen LogP) is 3.02. The van der Waals surface area contributed by atoms with Crippen LogP contribution in [0, 0.1) is 11.6 Å². The minimum atomic E-state index is -1.20. The van der Waals surface area contributed by atoms with Crippen LogP contribution in [0.3, 0.4) is 0 Å². The van der Waals surface area contributed by atoms with E-state index in [0.29, 0.717) is 5.82 Å². The summed E-state index contributed by atoms with van der Waals surface area (Å²) < 4.78 is 42.8. The molecule has 3 aromatic rings. The van der Waals surface area contributed by atoms with E-state index in [1.54, 1.807) is 13.0 Å². The van der Waals surface area contributed by atoms with Crippen molar-refractivity contribution in [2.45, 2.75) is 38.0 Å². The van der Waals surface area contributed by atoms with Gasteiger partial charge in [0.15, 0.2) is 0 Å². The molecule has 4 N–H and O–H groups in total. The number of alkyl halides is 1. The van der Waals surface area contributed by atoms with Crippen molar-refractivity contribution in [2.24, 2.45) is 0 Å². The Morgan fingerprint density at radius 1 is 1.14 bits per heavy atom. The van der Waals surface area contributed by atoms with Gasteiger partial charge in [-0.15, -0.1) is 10.2 Å². The number of hydrogen-bond donors (Lipinski definition) is 4. The molecular weight excluding hydrogens is 475 g/mol. The van der Waals surface area contributed by atoms with Gasteiger partial charge >= 0.3 is 0 Å². The van der Waals surface area contributed by atoms with Crippen LogP contribution >= 0.6 is 0 Å². The van der Waals surface area contributed by atoms with Gasteiger partial charge in [-0.25, -0.2) is 13.2 Å². The lowest BCUT2D eigenvalue weighted by Gasteiger charge is -2.30. The number of halogens is 3. The van der Waals surface area contributed by atoms with Crippen LogP contribution in [0.15, 0.2) is 48.7 Å². The molecule has 1 aromatic carbocycles. The number of aliphatic hydroxyl groups is 2. The number of aliphatic hydroxyl groups excluding tert-OH is 2. The summed E-state index contributed by atoms with van der Waals surface area (Å²) in [7, 11) is 0. The molecule has 0 fully saturated rings. The Morgan fingerprint density at radius 2 is 1.92 bits per heavy atom. The van der Waals surface area contributed by atoms with Crippen molar-refractivity contribution in [3.8, 4) is 11.3 Å². The zero-order valence-electron chi connectivity index (χ0n) is 19.9. The zero-order chi connectivity index (χ0) is 26.3. The van der Waals surface area contributed by atoms with Crippen LogP contribution in [0.4, 0.5) is 19.0 Å². The third-order valence-electron chi connectivity index (χ3n) is 5.60. The standard InChI is InChI=1S/C25H28F3N5O3/c1-15(26)11-25(2,23-20(28)4-3-9-29-23)14-31-22-8-7-21(32-33-22)18-10-16(5-6-19(18)27)24(36)30-12-17(35)13-34/h3-10,15,17,34-35H,11-14H2,1-2H3,(H,30,36)(H,31,33)/t15-,17+,25-/m0/s1. The summed E-state index contributed by atoms with van der Waals surface area (Å²) in [5, 5.41) is 31.8. The molecule has 0 radical (unpaired) electrons. The normalized spacial score (nSPS) is 14.5. The van der Waals surface area contributed by atoms with Crippen molar-refractivity contribution in [2.75, 3.05) is 25.0 Å². The lowest BCUT2D eigenvalue weighted by atomic mass is 9.81. The number of benzene rings is 1. The first kappa shape index (κ1) is 27.0. The van der Waals surface area contributed by atoms with E-state index < -0.39 is 41.8 Å². The topological polar surface area (TPSA) is 120 Å². The van der Waals surface area contributed by atoms with Gasteiger partial charge in [0.1, 0.15) is 17.5 Å². The summed E-state index contributed by atoms with van der Waals surface area (Å²) in [4.78, 5) is 16.4. The first-order valence-corrected chi connectivity index (χ1v) is 11.3. The van der Waals surface area contributed by atoms with Crippen LogP contribution in [0.5, 0.6) is 0 Å². The molecule has 36 heavy (non-hydrogen) atoms. The Hall–Kier alpha value is -3.57. The predicted molar refractivity (Wildman–Crippen MR) is 128 cm³/mol. The molecule has 0 aliphatic carbocycles. The summed E-state index contributed by atoms with van der Waals surface area (Å²) >= 11 is 0. The number of amides is 1. The van der Waals surface area contributed by atoms with E-state index in [-0.39, 0.29) is 42.0 Å². The first-order chi connectivity index (χ1) is 17.1. The molecule has 2 heterocycles. The van der Waals surface area contributed by atoms with E-state index in [2.05, 4.69) is 25.8 Å². The van der Waals surface area contributed by atoms with E-state index in [4.69, 9.17) is 5.11 Å². The smallest absolute Gasteiger partial charge is 0.251 e. The first-order valence-electron chi connectivity index (χ1n) is 11.3. The Bertz CT molecular complexity index is 1180. The van der Waals surface area contributed by atoms with Gasteiger partial charge in [-0.1, -0.05) is 6.92 Å². The van der Waals surface area contributed by atoms with Crippen molar-refractivity contribution in [1.82, 2.24) is 20.5 Å². The molecule has 0 aliphatic rings. The van der Waals surface area contributed by atoms with Gasteiger partial charge in [-0.3, -0.25) is 9.78 Å². The monoisotopic (exact) mass is 503 g/mol. The summed E-state index contributed by atoms with van der Waals surface area (Å²) in [6.07, 6.45) is -0.837. The molecular formula is C25H28F3N5O3. The molecule has 0 saturated carbocycles. The summed E-state index contributed by atoms with van der Waals surface area (Å²) in [5.41, 5.74) is -0.503. The summed E-state index contributed by atoms with van der Waals surface area (Å²) in [6, 6.07) is 9.48. The maximum atomic E-state index is 14.5. The van der Waals surface area contributed by atoms with Crippen LogP contribution in [-0.4, -0.2) is 63.3 Å². The SMILES string of the molecule is C[C@H](F)C[C@@](C)(CNc1ccc(-c2cc(C(=O)NC[C@@H](O)CO)ccc2F)nn1)c1ncccc1F. The number of aromatic nitrogens is 3. The second-order valence-corrected chi connectivity index (χ2v) is 8.78. The number of nitrogens with zero attached hydrogens (tertiary/aromatic N) is 3. The highest BCUT2D eigenvalue weighted by atomic mass is 19.1. The average molecular weight is 504 g/mol. The van der Waals surface area contributed by atoms with Gasteiger partial charge in [0, 0.05) is 35.8 Å². The van der Waals surface area contributed by atoms with Crippen LogP contribution in [0.1, 0.15) is 36.3 Å². The lowest BCUT2D eigenvalue weighted by Crippen LogP contribution is -2.35. The van der Waals surface area contributed by atoms with Crippen LogP contribution in [0.2, 0.25) is 0 Å². The van der Waals surface area contributed by atoms with Crippen molar-refractivity contribution in [3.05, 3.63) is 71.6 Å². The molecule has 8 nitrogen and oxygen atoms in total. The molecule has 0 spiro atoms. The molecule has 2 aromatic heterocycles. The Kier molecular flexibility index (Phi) is 8.94.